The van der Waals surface area contributed by atoms with E-state index in [9.17, 15) is 18.0 Å². The predicted molar refractivity (Wildman–Crippen MR) is 140 cm³/mol. The third-order valence-corrected chi connectivity index (χ3v) is 5.76. The molecule has 0 aliphatic heterocycles. The molecular formula is C25H30ClF3N6O3. The largest absolute Gasteiger partial charge is 0.491 e. The summed E-state index contributed by atoms with van der Waals surface area (Å²) in [6.07, 6.45) is -5.19. The fourth-order valence-electron chi connectivity index (χ4n) is 3.31. The van der Waals surface area contributed by atoms with E-state index in [2.05, 4.69) is 20.5 Å². The highest BCUT2D eigenvalue weighted by Crippen LogP contribution is 2.43. The molecule has 0 radical (unpaired) electrons. The van der Waals surface area contributed by atoms with Crippen molar-refractivity contribution in [2.75, 3.05) is 24.7 Å². The zero-order valence-corrected chi connectivity index (χ0v) is 22.6. The van der Waals surface area contributed by atoms with Crippen LogP contribution < -0.4 is 15.8 Å². The van der Waals surface area contributed by atoms with Crippen LogP contribution in [0.2, 0.25) is 5.02 Å². The molecule has 3 aromatic rings. The Morgan fingerprint density at radius 3 is 2.29 bits per heavy atom. The van der Waals surface area contributed by atoms with Crippen LogP contribution in [0.25, 0.3) is 11.1 Å². The number of amides is 1. The highest BCUT2D eigenvalue weighted by molar-refractivity contribution is 6.34. The van der Waals surface area contributed by atoms with Gasteiger partial charge in [-0.05, 0) is 64.4 Å². The summed E-state index contributed by atoms with van der Waals surface area (Å²) >= 11 is 6.32. The molecule has 1 amide bonds. The molecular weight excluding hydrogens is 525 g/mol. The molecule has 0 bridgehead atoms. The van der Waals surface area contributed by atoms with Crippen molar-refractivity contribution in [2.45, 2.75) is 51.9 Å². The maximum Gasteiger partial charge on any atom is 0.417 e. The van der Waals surface area contributed by atoms with E-state index in [0.717, 1.165) is 6.07 Å². The average molecular weight is 555 g/mol. The van der Waals surface area contributed by atoms with E-state index in [4.69, 9.17) is 26.8 Å². The van der Waals surface area contributed by atoms with Crippen molar-refractivity contribution in [3.8, 4) is 16.9 Å². The van der Waals surface area contributed by atoms with Gasteiger partial charge in [0, 0.05) is 18.3 Å². The highest BCUT2D eigenvalue weighted by atomic mass is 35.5. The first-order chi connectivity index (χ1) is 17.5. The molecule has 38 heavy (non-hydrogen) atoms. The summed E-state index contributed by atoms with van der Waals surface area (Å²) in [6.45, 7) is 9.06. The van der Waals surface area contributed by atoms with Crippen LogP contribution in [-0.4, -0.2) is 51.0 Å². The third-order valence-electron chi connectivity index (χ3n) is 5.46. The molecule has 206 valence electrons. The van der Waals surface area contributed by atoms with Crippen molar-refractivity contribution < 1.29 is 27.4 Å². The second kappa shape index (κ2) is 10.6. The molecule has 4 N–H and O–H groups in total. The van der Waals surface area contributed by atoms with Gasteiger partial charge in [-0.1, -0.05) is 23.7 Å². The van der Waals surface area contributed by atoms with Crippen LogP contribution in [0.3, 0.4) is 0 Å². The summed E-state index contributed by atoms with van der Waals surface area (Å²) < 4.78 is 53.2. The van der Waals surface area contributed by atoms with E-state index in [-0.39, 0.29) is 40.3 Å². The Balaban J connectivity index is 1.80. The molecule has 0 unspecified atom stereocenters. The lowest BCUT2D eigenvalue weighted by atomic mass is 9.98. The SMILES string of the molecule is CN(C(=O)OC(C)(C)C)C(C)(C)COc1ccc(-c2c(Cl)cc(Nc3n[nH]c(N)n3)cc2C(F)(F)F)cc1. The van der Waals surface area contributed by atoms with Gasteiger partial charge in [0.25, 0.3) is 0 Å². The van der Waals surface area contributed by atoms with Gasteiger partial charge in [0.1, 0.15) is 18.0 Å². The number of aromatic nitrogens is 3. The summed E-state index contributed by atoms with van der Waals surface area (Å²) in [4.78, 5) is 17.7. The Bertz CT molecular complexity index is 1290. The minimum atomic E-state index is -4.69. The highest BCUT2D eigenvalue weighted by Gasteiger charge is 2.36. The van der Waals surface area contributed by atoms with Gasteiger partial charge in [-0.25, -0.2) is 9.89 Å². The number of alkyl halides is 3. The predicted octanol–water partition coefficient (Wildman–Crippen LogP) is 6.49. The average Bonchev–Trinajstić information content (AvgIpc) is 3.20. The second-order valence-corrected chi connectivity index (χ2v) is 10.6. The monoisotopic (exact) mass is 554 g/mol. The smallest absolute Gasteiger partial charge is 0.417 e. The van der Waals surface area contributed by atoms with Gasteiger partial charge in [0.05, 0.1) is 16.1 Å². The Kier molecular flexibility index (Phi) is 8.06. The number of halogens is 4. The lowest BCUT2D eigenvalue weighted by Crippen LogP contribution is -2.50. The number of nitrogens with zero attached hydrogens (tertiary/aromatic N) is 3. The molecule has 2 aromatic carbocycles. The maximum absolute atomic E-state index is 14.0. The fraction of sp³-hybridized carbons (Fsp3) is 0.400. The maximum atomic E-state index is 14.0. The summed E-state index contributed by atoms with van der Waals surface area (Å²) in [5.74, 6) is 0.416. The first-order valence-electron chi connectivity index (χ1n) is 11.5. The molecule has 0 aliphatic rings. The Labute approximate surface area is 223 Å². The van der Waals surface area contributed by atoms with Gasteiger partial charge in [-0.3, -0.25) is 0 Å². The van der Waals surface area contributed by atoms with Crippen molar-refractivity contribution in [3.05, 3.63) is 47.0 Å². The Hall–Kier alpha value is -3.67. The number of rotatable bonds is 7. The number of H-pyrrole nitrogens is 1. The van der Waals surface area contributed by atoms with E-state index in [1.807, 2.05) is 13.8 Å². The van der Waals surface area contributed by atoms with Crippen LogP contribution in [0, 0.1) is 0 Å². The molecule has 1 aromatic heterocycles. The number of hydrogen-bond acceptors (Lipinski definition) is 7. The standard InChI is InChI=1S/C25H30ClF3N6O3/c1-23(2,3)38-22(36)35(6)24(4,5)13-37-16-9-7-14(8-10-16)19-17(25(27,28)29)11-15(12-18(19)26)31-21-32-20(30)33-34-21/h7-12H,13H2,1-6H3,(H4,30,31,32,33,34). The van der Waals surface area contributed by atoms with Crippen LogP contribution in [0.5, 0.6) is 5.75 Å². The minimum absolute atomic E-state index is 0.00109. The topological polar surface area (TPSA) is 118 Å². The van der Waals surface area contributed by atoms with Gasteiger partial charge in [-0.15, -0.1) is 5.10 Å². The number of likely N-dealkylation sites (N-methyl/N-ethyl adjacent to an activating group) is 1. The van der Waals surface area contributed by atoms with E-state index < -0.39 is 29.0 Å². The number of aromatic amines is 1. The van der Waals surface area contributed by atoms with E-state index in [0.29, 0.717) is 5.75 Å². The number of nitrogens with two attached hydrogens (primary N) is 1. The molecule has 3 rings (SSSR count). The molecule has 0 aliphatic carbocycles. The Morgan fingerprint density at radius 1 is 1.13 bits per heavy atom. The van der Waals surface area contributed by atoms with Crippen LogP contribution in [0.1, 0.15) is 40.2 Å². The van der Waals surface area contributed by atoms with Gasteiger partial charge < -0.3 is 25.4 Å². The number of ether oxygens (including phenoxy) is 2. The molecule has 0 fully saturated rings. The van der Waals surface area contributed by atoms with Crippen LogP contribution >= 0.6 is 11.6 Å². The number of hydrogen-bond donors (Lipinski definition) is 3. The zero-order chi connectivity index (χ0) is 28.5. The van der Waals surface area contributed by atoms with Crippen LogP contribution in [-0.2, 0) is 10.9 Å². The second-order valence-electron chi connectivity index (χ2n) is 10.2. The molecule has 9 nitrogen and oxygen atoms in total. The van der Waals surface area contributed by atoms with Crippen LogP contribution in [0.15, 0.2) is 36.4 Å². The zero-order valence-electron chi connectivity index (χ0n) is 21.8. The van der Waals surface area contributed by atoms with Crippen molar-refractivity contribution in [2.24, 2.45) is 0 Å². The molecule has 0 spiro atoms. The first kappa shape index (κ1) is 28.9. The third kappa shape index (κ3) is 7.21. The fourth-order valence-corrected chi connectivity index (χ4v) is 3.64. The summed E-state index contributed by atoms with van der Waals surface area (Å²) in [5.41, 5.74) is 3.24. The van der Waals surface area contributed by atoms with Crippen molar-refractivity contribution in [1.82, 2.24) is 20.1 Å². The van der Waals surface area contributed by atoms with E-state index in [1.54, 1.807) is 27.8 Å². The lowest BCUT2D eigenvalue weighted by Gasteiger charge is -2.36. The summed E-state index contributed by atoms with van der Waals surface area (Å²) in [5, 5.41) is 8.67. The number of benzene rings is 2. The van der Waals surface area contributed by atoms with E-state index >= 15 is 0 Å². The van der Waals surface area contributed by atoms with Gasteiger partial charge in [0.15, 0.2) is 0 Å². The van der Waals surface area contributed by atoms with Crippen molar-refractivity contribution in [1.29, 1.82) is 0 Å². The Morgan fingerprint density at radius 2 is 1.76 bits per heavy atom. The van der Waals surface area contributed by atoms with Crippen molar-refractivity contribution in [3.63, 3.8) is 0 Å². The number of carbonyl (C=O) groups is 1. The quantitative estimate of drug-likeness (QED) is 0.305. The van der Waals surface area contributed by atoms with Gasteiger partial charge in [-0.2, -0.15) is 18.2 Å². The minimum Gasteiger partial charge on any atom is -0.491 e. The lowest BCUT2D eigenvalue weighted by molar-refractivity contribution is -0.137. The summed E-state index contributed by atoms with van der Waals surface area (Å²) in [6, 6.07) is 8.32. The summed E-state index contributed by atoms with van der Waals surface area (Å²) in [7, 11) is 1.61. The van der Waals surface area contributed by atoms with E-state index in [1.165, 1.54) is 35.2 Å². The van der Waals surface area contributed by atoms with Gasteiger partial charge >= 0.3 is 12.3 Å². The number of carbonyl (C=O) groups excluding carboxylic acids is 1. The molecule has 13 heteroatoms. The number of nitrogens with one attached hydrogen (secondary N) is 2. The molecule has 0 saturated carbocycles. The first-order valence-corrected chi connectivity index (χ1v) is 11.9. The molecule has 0 atom stereocenters. The number of nitrogen functional groups attached to an aromatic ring is 1. The van der Waals surface area contributed by atoms with Gasteiger partial charge in [0.2, 0.25) is 11.9 Å². The molecule has 1 heterocycles. The molecule has 0 saturated heterocycles. The number of anilines is 3. The van der Waals surface area contributed by atoms with Crippen molar-refractivity contribution >= 4 is 35.3 Å². The van der Waals surface area contributed by atoms with Crippen LogP contribution in [0.4, 0.5) is 35.5 Å². The normalized spacial score (nSPS) is 12.3.